The monoisotopic (exact) mass is 271 g/mol. The molecular formula is C15H33N3O. The van der Waals surface area contributed by atoms with Gasteiger partial charge in [0, 0.05) is 32.3 Å². The summed E-state index contributed by atoms with van der Waals surface area (Å²) >= 11 is 0. The van der Waals surface area contributed by atoms with Crippen LogP contribution < -0.4 is 10.6 Å². The Morgan fingerprint density at radius 1 is 1.16 bits per heavy atom. The van der Waals surface area contributed by atoms with Gasteiger partial charge in [-0.3, -0.25) is 5.32 Å². The fourth-order valence-electron chi connectivity index (χ4n) is 2.92. The zero-order valence-electron chi connectivity index (χ0n) is 13.4. The van der Waals surface area contributed by atoms with Crippen molar-refractivity contribution in [2.45, 2.75) is 57.8 Å². The van der Waals surface area contributed by atoms with E-state index < -0.39 is 0 Å². The van der Waals surface area contributed by atoms with Crippen molar-refractivity contribution in [1.29, 1.82) is 0 Å². The second kappa shape index (κ2) is 8.90. The molecule has 1 aliphatic rings. The van der Waals surface area contributed by atoms with Gasteiger partial charge in [0.05, 0.1) is 0 Å². The van der Waals surface area contributed by atoms with Gasteiger partial charge in [-0.2, -0.15) is 0 Å². The molecular weight excluding hydrogens is 238 g/mol. The molecule has 0 bridgehead atoms. The van der Waals surface area contributed by atoms with E-state index in [0.717, 1.165) is 12.5 Å². The van der Waals surface area contributed by atoms with Crippen molar-refractivity contribution in [1.82, 2.24) is 15.5 Å². The summed E-state index contributed by atoms with van der Waals surface area (Å²) in [6, 6.07) is 1.13. The standard InChI is InChI=1S/C15H33N3O/c1-12(2)17-15(19-5)10-16-14-8-6-13(7-9-14)11-18(3)4/h12-17H,6-11H2,1-5H3. The lowest BCUT2D eigenvalue weighted by molar-refractivity contribution is 0.0620. The first-order chi connectivity index (χ1) is 9.01. The lowest BCUT2D eigenvalue weighted by Crippen LogP contribution is -2.47. The average molecular weight is 271 g/mol. The molecule has 19 heavy (non-hydrogen) atoms. The lowest BCUT2D eigenvalue weighted by Gasteiger charge is -2.32. The highest BCUT2D eigenvalue weighted by Gasteiger charge is 2.22. The van der Waals surface area contributed by atoms with E-state index in [1.807, 2.05) is 0 Å². The SMILES string of the molecule is COC(CNC1CCC(CN(C)C)CC1)NC(C)C. The minimum absolute atomic E-state index is 0.125. The quantitative estimate of drug-likeness (QED) is 0.659. The Morgan fingerprint density at radius 2 is 1.79 bits per heavy atom. The van der Waals surface area contributed by atoms with Crippen LogP contribution in [-0.2, 0) is 4.74 Å². The smallest absolute Gasteiger partial charge is 0.120 e. The Bertz CT molecular complexity index is 225. The fraction of sp³-hybridized carbons (Fsp3) is 1.00. The normalized spacial score (nSPS) is 26.1. The molecule has 114 valence electrons. The first-order valence-electron chi connectivity index (χ1n) is 7.68. The molecule has 0 aliphatic heterocycles. The molecule has 0 spiro atoms. The fourth-order valence-corrected chi connectivity index (χ4v) is 2.92. The highest BCUT2D eigenvalue weighted by atomic mass is 16.5. The number of ether oxygens (including phenoxy) is 1. The molecule has 4 nitrogen and oxygen atoms in total. The summed E-state index contributed by atoms with van der Waals surface area (Å²) in [6.07, 6.45) is 5.43. The maximum absolute atomic E-state index is 5.45. The van der Waals surface area contributed by atoms with Crippen molar-refractivity contribution in [3.8, 4) is 0 Å². The van der Waals surface area contributed by atoms with Gasteiger partial charge in [0.2, 0.25) is 0 Å². The molecule has 0 aromatic rings. The summed E-state index contributed by atoms with van der Waals surface area (Å²) in [5.41, 5.74) is 0. The Labute approximate surface area is 119 Å². The second-order valence-corrected chi connectivity index (χ2v) is 6.43. The van der Waals surface area contributed by atoms with Crippen molar-refractivity contribution in [2.75, 3.05) is 34.3 Å². The molecule has 1 unspecified atom stereocenters. The van der Waals surface area contributed by atoms with Gasteiger partial charge in [-0.05, 0) is 59.5 Å². The van der Waals surface area contributed by atoms with Gasteiger partial charge >= 0.3 is 0 Å². The van der Waals surface area contributed by atoms with Crippen LogP contribution >= 0.6 is 0 Å². The summed E-state index contributed by atoms with van der Waals surface area (Å²) in [5, 5.41) is 7.06. The number of rotatable bonds is 8. The van der Waals surface area contributed by atoms with E-state index in [2.05, 4.69) is 43.5 Å². The Morgan fingerprint density at radius 3 is 2.26 bits per heavy atom. The number of hydrogen-bond acceptors (Lipinski definition) is 4. The molecule has 0 aromatic carbocycles. The highest BCUT2D eigenvalue weighted by molar-refractivity contribution is 4.79. The molecule has 0 amide bonds. The first kappa shape index (κ1) is 16.9. The highest BCUT2D eigenvalue weighted by Crippen LogP contribution is 2.24. The zero-order valence-corrected chi connectivity index (χ0v) is 13.4. The van der Waals surface area contributed by atoms with Crippen LogP contribution in [0.25, 0.3) is 0 Å². The van der Waals surface area contributed by atoms with Gasteiger partial charge in [-0.1, -0.05) is 0 Å². The van der Waals surface area contributed by atoms with E-state index in [9.17, 15) is 0 Å². The van der Waals surface area contributed by atoms with Crippen LogP contribution in [0.3, 0.4) is 0 Å². The predicted molar refractivity (Wildman–Crippen MR) is 81.4 cm³/mol. The summed E-state index contributed by atoms with van der Waals surface area (Å²) in [7, 11) is 6.12. The zero-order chi connectivity index (χ0) is 14.3. The molecule has 0 heterocycles. The Hall–Kier alpha value is -0.160. The van der Waals surface area contributed by atoms with Crippen molar-refractivity contribution >= 4 is 0 Å². The molecule has 0 aromatic heterocycles. The number of hydrogen-bond donors (Lipinski definition) is 2. The molecule has 1 atom stereocenters. The van der Waals surface area contributed by atoms with Crippen LogP contribution in [-0.4, -0.2) is 57.5 Å². The van der Waals surface area contributed by atoms with Crippen LogP contribution in [0.2, 0.25) is 0 Å². The summed E-state index contributed by atoms with van der Waals surface area (Å²) < 4.78 is 5.45. The van der Waals surface area contributed by atoms with Crippen LogP contribution in [0, 0.1) is 5.92 Å². The van der Waals surface area contributed by atoms with Gasteiger partial charge in [0.15, 0.2) is 0 Å². The third kappa shape index (κ3) is 7.25. The van der Waals surface area contributed by atoms with Gasteiger partial charge in [-0.15, -0.1) is 0 Å². The van der Waals surface area contributed by atoms with E-state index >= 15 is 0 Å². The Balaban J connectivity index is 2.18. The van der Waals surface area contributed by atoms with E-state index in [1.165, 1.54) is 32.2 Å². The van der Waals surface area contributed by atoms with E-state index in [-0.39, 0.29) is 6.23 Å². The molecule has 1 saturated carbocycles. The van der Waals surface area contributed by atoms with Crippen LogP contribution in [0.4, 0.5) is 0 Å². The van der Waals surface area contributed by atoms with Gasteiger partial charge in [0.1, 0.15) is 6.23 Å². The first-order valence-corrected chi connectivity index (χ1v) is 7.68. The average Bonchev–Trinajstić information content (AvgIpc) is 2.35. The molecule has 0 saturated heterocycles. The maximum Gasteiger partial charge on any atom is 0.120 e. The van der Waals surface area contributed by atoms with Crippen molar-refractivity contribution in [3.63, 3.8) is 0 Å². The van der Waals surface area contributed by atoms with Crippen molar-refractivity contribution in [2.24, 2.45) is 5.92 Å². The number of methoxy groups -OCH3 is 1. The molecule has 2 N–H and O–H groups in total. The second-order valence-electron chi connectivity index (χ2n) is 6.43. The van der Waals surface area contributed by atoms with E-state index in [4.69, 9.17) is 4.74 Å². The van der Waals surface area contributed by atoms with Crippen LogP contribution in [0.5, 0.6) is 0 Å². The number of nitrogens with one attached hydrogen (secondary N) is 2. The molecule has 4 heteroatoms. The summed E-state index contributed by atoms with van der Waals surface area (Å²) in [5.74, 6) is 0.889. The minimum atomic E-state index is 0.125. The lowest BCUT2D eigenvalue weighted by atomic mass is 9.86. The maximum atomic E-state index is 5.45. The van der Waals surface area contributed by atoms with Gasteiger partial charge in [0.25, 0.3) is 0 Å². The largest absolute Gasteiger partial charge is 0.365 e. The van der Waals surface area contributed by atoms with Crippen molar-refractivity contribution in [3.05, 3.63) is 0 Å². The molecule has 1 rings (SSSR count). The predicted octanol–water partition coefficient (Wildman–Crippen LogP) is 1.67. The van der Waals surface area contributed by atoms with Gasteiger partial charge in [-0.25, -0.2) is 0 Å². The molecule has 1 fully saturated rings. The number of nitrogens with zero attached hydrogens (tertiary/aromatic N) is 1. The molecule has 1 aliphatic carbocycles. The van der Waals surface area contributed by atoms with Crippen LogP contribution in [0.15, 0.2) is 0 Å². The van der Waals surface area contributed by atoms with Crippen LogP contribution in [0.1, 0.15) is 39.5 Å². The third-order valence-electron chi connectivity index (χ3n) is 3.87. The summed E-state index contributed by atoms with van der Waals surface area (Å²) in [4.78, 5) is 2.31. The topological polar surface area (TPSA) is 36.5 Å². The Kier molecular flexibility index (Phi) is 7.91. The van der Waals surface area contributed by atoms with E-state index in [1.54, 1.807) is 7.11 Å². The van der Waals surface area contributed by atoms with Gasteiger partial charge < -0.3 is 15.0 Å². The minimum Gasteiger partial charge on any atom is -0.365 e. The van der Waals surface area contributed by atoms with Crippen molar-refractivity contribution < 1.29 is 4.74 Å². The molecule has 0 radical (unpaired) electrons. The van der Waals surface area contributed by atoms with E-state index in [0.29, 0.717) is 12.1 Å². The summed E-state index contributed by atoms with van der Waals surface area (Å²) in [6.45, 7) is 6.44. The third-order valence-corrected chi connectivity index (χ3v) is 3.87.